The summed E-state index contributed by atoms with van der Waals surface area (Å²) in [4.78, 5) is 143. The number of carbonyl (C=O) groups is 11. The quantitative estimate of drug-likeness (QED) is 0.0275. The second-order valence-corrected chi connectivity index (χ2v) is 35.4. The number of hydrogen-bond donors (Lipinski definition) is 35. The van der Waals surface area contributed by atoms with Gasteiger partial charge in [-0.1, -0.05) is 0 Å². The molecule has 11 saturated heterocycles. The number of aliphatic carboxylic acids is 5. The van der Waals surface area contributed by atoms with Crippen molar-refractivity contribution in [3.05, 3.63) is 0 Å². The molecule has 11 aliphatic rings. The van der Waals surface area contributed by atoms with Gasteiger partial charge in [0.05, 0.1) is 39.6 Å². The van der Waals surface area contributed by atoms with E-state index in [1.165, 1.54) is 0 Å². The van der Waals surface area contributed by atoms with Gasteiger partial charge in [0.15, 0.2) is 99.7 Å². The first-order chi connectivity index (χ1) is 68.2. The molecule has 0 aromatic heterocycles. The topological polar surface area (TPSA) is 1040 Å². The van der Waals surface area contributed by atoms with Crippen LogP contribution in [-0.2, 0) is 152 Å². The van der Waals surface area contributed by atoms with Crippen LogP contribution in [0.5, 0.6) is 0 Å². The number of amides is 6. The molecule has 0 radical (unpaired) electrons. The van der Waals surface area contributed by atoms with Gasteiger partial charge in [-0.05, 0) is 0 Å². The minimum atomic E-state index is -2.77. The molecule has 1 unspecified atom stereocenters. The third kappa shape index (κ3) is 25.9. The van der Waals surface area contributed by atoms with Crippen molar-refractivity contribution in [1.29, 1.82) is 0 Å². The average Bonchev–Trinajstić information content (AvgIpc) is 0.762. The SMILES string of the molecule is CC(=O)N[C@H]1[C@H](O[C@H]2[C@H](O)[C@@H](O)[C@H](O[C@H]3[C@H](O)[C@@H](CO)O[C@@H](O[C@H]4[C@@H](O)[C@@H](O)[C@H](O[C@H]5[C@H](O)[C@@H](CO)O[C@@H](O[C@H]6[C@H](O)[C@@H](O)[C@H](O[C@H]7[C@H](O)[C@@H](CO)O[C@@H](O[C@H]8[C@H](O)[C@@H](O)[C@H](O[C@H]9[C@H](O)[C@@H](CO)O[C@@H](O[C@H]%10[C@H](O)[C@@H](O)[C@H](O[C@H]%11[C@H](O)[C@@H](CO)OC(O)[C@@H]%11NC(C)=O)O[C@@H]%10C(=O)O)[C@@H]9NC(C)=O)O[C@@H]8C(=O)O)[C@@H]7NC(C)=O)O[C@@H]6C(=O)O)[C@@H]5NC(C)=O)O[C@@H]4C(=O)O)[C@@H]3NC(C)=O)O[C@@H]2C(=O)O)O[C@H](CO)[C@@H](O)[C@@H]1O. The Hall–Kier alpha value is -7.63. The molecule has 828 valence electrons. The van der Waals surface area contributed by atoms with Crippen LogP contribution in [0.3, 0.4) is 0 Å². The Morgan fingerprint density at radius 3 is 0.531 bits per heavy atom. The first kappa shape index (κ1) is 118. The number of nitrogens with one attached hydrogen (secondary N) is 6. The number of ether oxygens (including phenoxy) is 21. The maximum atomic E-state index is 13.5. The van der Waals surface area contributed by atoms with Gasteiger partial charge in [0.2, 0.25) is 35.4 Å². The van der Waals surface area contributed by atoms with Crippen LogP contribution >= 0.6 is 0 Å². The lowest BCUT2D eigenvalue weighted by Crippen LogP contribution is -2.72. The summed E-state index contributed by atoms with van der Waals surface area (Å²) in [5.41, 5.74) is 0. The summed E-state index contributed by atoms with van der Waals surface area (Å²) in [5.74, 6) is -16.8. The van der Waals surface area contributed by atoms with Crippen molar-refractivity contribution in [2.75, 3.05) is 39.6 Å². The standard InChI is InChI=1S/C78H120N6O61/c1-13(91)79-25-37(103)31(97)19(7-85)126-69(25)136-53-38(104)44(110)75(142-58(53)63(114)115)132-49-27(81-15(3)93)71(128-21(9-87)33(49)99)138-55-40(106)46(112)77(144-60(55)65(118)119)134-51-29(83-17(5)95)73(130-23(11-89)35(51)101)140-57-42(108)47(113)78(145-62(57)67(122)123)135-52-30(84-18(6)96)72(129-24(12-90)36(52)102)139-56-41(107)45(111)76(143-61(56)66(120)121)133-50-28(82-16(4)94)70(127-22(10-88)34(50)100)137-54-39(105)43(109)74(141-59(54)64(116)117)131-48-26(80-14(2)92)68(124)125-20(8-86)32(48)98/h19-62,68-78,85-90,97-113,124H,7-12H2,1-6H3,(H,79,91)(H,80,92)(H,81,93)(H,82,94)(H,83,95)(H,84,96)(H,114,115)(H,116,117)(H,118,119)(H,120,121)(H,122,123)/t19-,20-,21-,22-,23-,24-,25-,26-,27-,28-,29-,30-,31-,32-,33-,34-,35-,36-,37-,38-,39-,40+,41-,42-,43-,44-,45-,46-,47-,48-,49-,50-,51-,52-,53+,54+,55+,56+,57+,58+,59+,60+,61+,62+,68?,69+,70+,71+,72+,73+,74-,75-,76-,77-,78-/m1/s1. The van der Waals surface area contributed by atoms with Crippen molar-refractivity contribution in [2.24, 2.45) is 0 Å². The molecule has 0 bridgehead atoms. The van der Waals surface area contributed by atoms with Crippen LogP contribution in [0.2, 0.25) is 0 Å². The van der Waals surface area contributed by atoms with E-state index in [1.54, 1.807) is 0 Å². The van der Waals surface area contributed by atoms with E-state index in [9.17, 15) is 201 Å². The molecule has 35 N–H and O–H groups in total. The fourth-order valence-corrected chi connectivity index (χ4v) is 18.2. The summed E-state index contributed by atoms with van der Waals surface area (Å²) in [6, 6.07) is -12.3. The fraction of sp³-hybridized carbons (Fsp3) is 0.859. The summed E-state index contributed by atoms with van der Waals surface area (Å²) in [7, 11) is 0. The van der Waals surface area contributed by atoms with Gasteiger partial charge in [0, 0.05) is 41.5 Å². The number of aliphatic hydroxyl groups is 24. The Bertz CT molecular complexity index is 4320. The van der Waals surface area contributed by atoms with E-state index in [1.807, 2.05) is 0 Å². The monoisotopic (exact) mass is 2120 g/mol. The van der Waals surface area contributed by atoms with Crippen molar-refractivity contribution in [2.45, 2.75) is 379 Å². The maximum absolute atomic E-state index is 13.5. The zero-order chi connectivity index (χ0) is 107. The molecule has 6 amide bonds. The fourth-order valence-electron chi connectivity index (χ4n) is 18.2. The molecule has 11 rings (SSSR count). The molecule has 0 aromatic carbocycles. The van der Waals surface area contributed by atoms with Crippen LogP contribution in [0.1, 0.15) is 41.5 Å². The molecular formula is C78H120N6O61. The maximum Gasteiger partial charge on any atom is 0.335 e. The van der Waals surface area contributed by atoms with Gasteiger partial charge in [0.25, 0.3) is 0 Å². The lowest BCUT2D eigenvalue weighted by molar-refractivity contribution is -0.382. The van der Waals surface area contributed by atoms with Crippen molar-refractivity contribution in [1.82, 2.24) is 31.9 Å². The smallest absolute Gasteiger partial charge is 0.335 e. The highest BCUT2D eigenvalue weighted by molar-refractivity contribution is 5.78. The normalized spacial score (nSPS) is 46.6. The largest absolute Gasteiger partial charge is 0.479 e. The molecular weight excluding hydrogens is 2000 g/mol. The zero-order valence-corrected chi connectivity index (χ0v) is 76.5. The highest BCUT2D eigenvalue weighted by atomic mass is 16.8. The molecule has 11 fully saturated rings. The Balaban J connectivity index is 0.784. The van der Waals surface area contributed by atoms with Gasteiger partial charge in [-0.25, -0.2) is 24.0 Å². The van der Waals surface area contributed by atoms with Crippen molar-refractivity contribution >= 4 is 65.3 Å². The third-order valence-corrected chi connectivity index (χ3v) is 25.2. The lowest BCUT2D eigenvalue weighted by Gasteiger charge is -2.51. The third-order valence-electron chi connectivity index (χ3n) is 25.2. The van der Waals surface area contributed by atoms with E-state index >= 15 is 0 Å². The Labute approximate surface area is 813 Å². The molecule has 11 heterocycles. The Morgan fingerprint density at radius 2 is 0.345 bits per heavy atom. The summed E-state index contributed by atoms with van der Waals surface area (Å²) < 4.78 is 120. The predicted molar refractivity (Wildman–Crippen MR) is 435 cm³/mol. The van der Waals surface area contributed by atoms with E-state index in [4.69, 9.17) is 99.5 Å². The van der Waals surface area contributed by atoms with Crippen LogP contribution in [0.25, 0.3) is 0 Å². The van der Waals surface area contributed by atoms with Crippen LogP contribution in [0.15, 0.2) is 0 Å². The molecule has 67 nitrogen and oxygen atoms in total. The van der Waals surface area contributed by atoms with Crippen LogP contribution < -0.4 is 31.9 Å². The molecule has 0 spiro atoms. The molecule has 11 aliphatic heterocycles. The summed E-state index contributed by atoms with van der Waals surface area (Å²) in [6.45, 7) is -2.09. The summed E-state index contributed by atoms with van der Waals surface area (Å²) in [5, 5.41) is 337. The van der Waals surface area contributed by atoms with E-state index < -0.39 is 442 Å². The zero-order valence-electron chi connectivity index (χ0n) is 76.5. The minimum absolute atomic E-state index is 0.785. The number of rotatable bonds is 37. The van der Waals surface area contributed by atoms with Crippen LogP contribution in [-0.4, -0.2) is 590 Å². The number of carboxylic acids is 5. The van der Waals surface area contributed by atoms with Crippen LogP contribution in [0, 0.1) is 0 Å². The lowest BCUT2D eigenvalue weighted by atomic mass is 9.93. The number of hydrogen-bond acceptors (Lipinski definition) is 56. The predicted octanol–water partition coefficient (Wildman–Crippen LogP) is -23.7. The number of aliphatic hydroxyl groups excluding tert-OH is 24. The van der Waals surface area contributed by atoms with E-state index in [0.717, 1.165) is 41.5 Å². The highest BCUT2D eigenvalue weighted by Crippen LogP contribution is 2.43. The number of carboxylic acid groups (broad SMARTS) is 5. The van der Waals surface area contributed by atoms with Gasteiger partial charge in [-0.15, -0.1) is 0 Å². The minimum Gasteiger partial charge on any atom is -0.479 e. The van der Waals surface area contributed by atoms with Gasteiger partial charge >= 0.3 is 29.8 Å². The summed E-state index contributed by atoms with van der Waals surface area (Å²) >= 11 is 0. The molecule has 67 heteroatoms. The molecule has 0 saturated carbocycles. The molecule has 0 aromatic rings. The highest BCUT2D eigenvalue weighted by Gasteiger charge is 2.65. The first-order valence-electron chi connectivity index (χ1n) is 44.6. The Kier molecular flexibility index (Phi) is 40.6. The van der Waals surface area contributed by atoms with E-state index in [0.29, 0.717) is 0 Å². The summed E-state index contributed by atoms with van der Waals surface area (Å²) in [6.07, 6.45) is -117. The molecule has 0 aliphatic carbocycles. The van der Waals surface area contributed by atoms with Gasteiger partial charge in [-0.2, -0.15) is 0 Å². The van der Waals surface area contributed by atoms with Crippen molar-refractivity contribution in [3.63, 3.8) is 0 Å². The van der Waals surface area contributed by atoms with Gasteiger partial charge < -0.3 is 279 Å². The molecule has 55 atom stereocenters. The number of carbonyl (C=O) groups excluding carboxylic acids is 6. The van der Waals surface area contributed by atoms with Crippen LogP contribution in [0.4, 0.5) is 0 Å². The van der Waals surface area contributed by atoms with Crippen molar-refractivity contribution < 1.29 is 300 Å². The molecule has 145 heavy (non-hydrogen) atoms. The Morgan fingerprint density at radius 1 is 0.186 bits per heavy atom. The van der Waals surface area contributed by atoms with E-state index in [2.05, 4.69) is 31.9 Å². The average molecular weight is 2120 g/mol. The van der Waals surface area contributed by atoms with Gasteiger partial charge in [0.1, 0.15) is 238 Å². The van der Waals surface area contributed by atoms with E-state index in [-0.39, 0.29) is 0 Å². The first-order valence-corrected chi connectivity index (χ1v) is 44.6. The second kappa shape index (κ2) is 50.1. The van der Waals surface area contributed by atoms with Crippen molar-refractivity contribution in [3.8, 4) is 0 Å². The second-order valence-electron chi connectivity index (χ2n) is 35.4. The van der Waals surface area contributed by atoms with Gasteiger partial charge in [-0.3, -0.25) is 28.8 Å².